The number of amides is 1. The topological polar surface area (TPSA) is 129 Å². The van der Waals surface area contributed by atoms with Crippen molar-refractivity contribution in [1.82, 2.24) is 14.9 Å². The molecule has 0 saturated carbocycles. The third kappa shape index (κ3) is 7.99. The number of carbonyl (C=O) groups is 1. The minimum Gasteiger partial charge on any atom is -0.494 e. The van der Waals surface area contributed by atoms with Gasteiger partial charge in [-0.1, -0.05) is 30.7 Å². The first-order valence-electron chi connectivity index (χ1n) is 13.1. The fraction of sp³-hybridized carbons (Fsp3) is 0.393. The Kier molecular flexibility index (Phi) is 10.8. The SMILES string of the molecule is CCC(=O)Nc1cc(Nc2ncc(Cl)c(Nc3ccccc3S(=O)(=O)C(C)C)n2)c(OC)cc1N(C)CCN(C)C. The second kappa shape index (κ2) is 13.8. The van der Waals surface area contributed by atoms with Crippen LogP contribution < -0.4 is 25.6 Å². The standard InChI is InChI=1S/C28H38ClN7O4S/c1-8-26(37)31-21-15-22(24(40-7)16-23(21)36(6)14-13-35(4)5)33-28-30-17-19(29)27(34-28)32-20-11-9-10-12-25(20)41(38,39)18(2)3/h9-12,15-18H,8,13-14H2,1-7H3,(H,31,37)(H2,30,32,33,34). The zero-order chi connectivity index (χ0) is 30.3. The second-order valence-corrected chi connectivity index (χ2v) is 12.8. The Morgan fingerprint density at radius 2 is 1.76 bits per heavy atom. The smallest absolute Gasteiger partial charge is 0.229 e. The predicted octanol–water partition coefficient (Wildman–Crippen LogP) is 5.15. The molecule has 0 radical (unpaired) electrons. The van der Waals surface area contributed by atoms with Gasteiger partial charge >= 0.3 is 0 Å². The van der Waals surface area contributed by atoms with Crippen molar-refractivity contribution in [1.29, 1.82) is 0 Å². The Morgan fingerprint density at radius 3 is 2.39 bits per heavy atom. The second-order valence-electron chi connectivity index (χ2n) is 9.93. The number of halogens is 1. The van der Waals surface area contributed by atoms with E-state index in [1.165, 1.54) is 6.20 Å². The minimum atomic E-state index is -3.57. The van der Waals surface area contributed by atoms with Gasteiger partial charge in [0.25, 0.3) is 0 Å². The molecule has 41 heavy (non-hydrogen) atoms. The summed E-state index contributed by atoms with van der Waals surface area (Å²) in [6.45, 7) is 6.58. The van der Waals surface area contributed by atoms with Crippen LogP contribution in [-0.2, 0) is 14.6 Å². The number of anilines is 6. The quantitative estimate of drug-likeness (QED) is 0.241. The Bertz CT molecular complexity index is 1480. The van der Waals surface area contributed by atoms with E-state index < -0.39 is 15.1 Å². The van der Waals surface area contributed by atoms with Crippen LogP contribution in [0.3, 0.4) is 0 Å². The van der Waals surface area contributed by atoms with Gasteiger partial charge in [0.2, 0.25) is 11.9 Å². The zero-order valence-corrected chi connectivity index (χ0v) is 26.0. The van der Waals surface area contributed by atoms with Gasteiger partial charge in [0.15, 0.2) is 15.7 Å². The number of methoxy groups -OCH3 is 1. The molecule has 1 aromatic heterocycles. The van der Waals surface area contributed by atoms with Gasteiger partial charge in [-0.15, -0.1) is 0 Å². The minimum absolute atomic E-state index is 0.132. The number of carbonyl (C=O) groups excluding carboxylic acids is 1. The summed E-state index contributed by atoms with van der Waals surface area (Å²) < 4.78 is 31.5. The average Bonchev–Trinajstić information content (AvgIpc) is 2.93. The first kappa shape index (κ1) is 31.9. The maximum absolute atomic E-state index is 12.9. The summed E-state index contributed by atoms with van der Waals surface area (Å²) in [6, 6.07) is 10.2. The number of rotatable bonds is 13. The maximum Gasteiger partial charge on any atom is 0.229 e. The van der Waals surface area contributed by atoms with E-state index in [0.717, 1.165) is 18.8 Å². The van der Waals surface area contributed by atoms with Crippen LogP contribution in [0, 0.1) is 0 Å². The van der Waals surface area contributed by atoms with Gasteiger partial charge in [-0.3, -0.25) is 4.79 Å². The molecule has 11 nitrogen and oxygen atoms in total. The van der Waals surface area contributed by atoms with Crippen LogP contribution in [0.15, 0.2) is 47.5 Å². The van der Waals surface area contributed by atoms with Crippen LogP contribution in [0.4, 0.5) is 34.5 Å². The van der Waals surface area contributed by atoms with Crippen molar-refractivity contribution in [2.75, 3.05) is 62.2 Å². The fourth-order valence-corrected chi connectivity index (χ4v) is 5.14. The number of nitrogens with zero attached hydrogens (tertiary/aromatic N) is 4. The molecule has 0 aliphatic carbocycles. The normalized spacial score (nSPS) is 11.5. The number of aromatic nitrogens is 2. The molecule has 0 unspecified atom stereocenters. The van der Waals surface area contributed by atoms with Crippen molar-refractivity contribution in [3.05, 3.63) is 47.6 Å². The summed E-state index contributed by atoms with van der Waals surface area (Å²) in [6.07, 6.45) is 1.73. The van der Waals surface area contributed by atoms with Crippen molar-refractivity contribution in [2.24, 2.45) is 0 Å². The van der Waals surface area contributed by atoms with E-state index in [4.69, 9.17) is 16.3 Å². The molecule has 0 fully saturated rings. The number of sulfone groups is 1. The lowest BCUT2D eigenvalue weighted by molar-refractivity contribution is -0.115. The lowest BCUT2D eigenvalue weighted by Gasteiger charge is -2.26. The molecule has 0 aliphatic heterocycles. The average molecular weight is 604 g/mol. The van der Waals surface area contributed by atoms with Crippen molar-refractivity contribution in [3.63, 3.8) is 0 Å². The van der Waals surface area contributed by atoms with Gasteiger partial charge in [-0.05, 0) is 46.1 Å². The summed E-state index contributed by atoms with van der Waals surface area (Å²) in [4.78, 5) is 25.4. The highest BCUT2D eigenvalue weighted by Crippen LogP contribution is 2.38. The molecule has 0 bridgehead atoms. The lowest BCUT2D eigenvalue weighted by Crippen LogP contribution is -2.29. The van der Waals surface area contributed by atoms with Crippen LogP contribution in [0.2, 0.25) is 5.02 Å². The summed E-state index contributed by atoms with van der Waals surface area (Å²) >= 11 is 6.40. The van der Waals surface area contributed by atoms with E-state index >= 15 is 0 Å². The van der Waals surface area contributed by atoms with E-state index in [-0.39, 0.29) is 27.6 Å². The van der Waals surface area contributed by atoms with Crippen LogP contribution in [-0.4, -0.2) is 75.8 Å². The first-order valence-corrected chi connectivity index (χ1v) is 15.1. The summed E-state index contributed by atoms with van der Waals surface area (Å²) in [5, 5.41) is 8.76. The Balaban J connectivity index is 1.99. The van der Waals surface area contributed by atoms with Crippen LogP contribution in [0.1, 0.15) is 27.2 Å². The molecule has 3 rings (SSSR count). The van der Waals surface area contributed by atoms with Crippen molar-refractivity contribution < 1.29 is 17.9 Å². The highest BCUT2D eigenvalue weighted by atomic mass is 35.5. The van der Waals surface area contributed by atoms with Crippen molar-refractivity contribution in [2.45, 2.75) is 37.3 Å². The molecule has 0 saturated heterocycles. The largest absolute Gasteiger partial charge is 0.494 e. The highest BCUT2D eigenvalue weighted by molar-refractivity contribution is 7.92. The van der Waals surface area contributed by atoms with E-state index in [0.29, 0.717) is 29.2 Å². The molecule has 3 N–H and O–H groups in total. The zero-order valence-electron chi connectivity index (χ0n) is 24.4. The van der Waals surface area contributed by atoms with E-state index in [2.05, 4.69) is 30.8 Å². The van der Waals surface area contributed by atoms with Crippen molar-refractivity contribution >= 4 is 61.9 Å². The summed E-state index contributed by atoms with van der Waals surface area (Å²) in [5.74, 6) is 0.773. The van der Waals surface area contributed by atoms with E-state index in [1.807, 2.05) is 32.1 Å². The molecule has 0 spiro atoms. The molecule has 0 aliphatic rings. The van der Waals surface area contributed by atoms with Gasteiger partial charge in [0, 0.05) is 32.6 Å². The van der Waals surface area contributed by atoms with Gasteiger partial charge in [0.1, 0.15) is 10.8 Å². The first-order chi connectivity index (χ1) is 19.4. The number of likely N-dealkylation sites (N-methyl/N-ethyl adjacent to an activating group) is 2. The van der Waals surface area contributed by atoms with Crippen LogP contribution in [0.25, 0.3) is 0 Å². The molecular weight excluding hydrogens is 566 g/mol. The number of hydrogen-bond donors (Lipinski definition) is 3. The fourth-order valence-electron chi connectivity index (χ4n) is 3.80. The van der Waals surface area contributed by atoms with Gasteiger partial charge in [0.05, 0.1) is 46.2 Å². The van der Waals surface area contributed by atoms with E-state index in [1.54, 1.807) is 58.2 Å². The predicted molar refractivity (Wildman–Crippen MR) is 166 cm³/mol. The molecule has 2 aromatic carbocycles. The van der Waals surface area contributed by atoms with Gasteiger partial charge < -0.3 is 30.5 Å². The number of nitrogens with one attached hydrogen (secondary N) is 3. The maximum atomic E-state index is 12.9. The van der Waals surface area contributed by atoms with Crippen LogP contribution >= 0.6 is 11.6 Å². The summed E-state index contributed by atoms with van der Waals surface area (Å²) in [5.41, 5.74) is 2.25. The molecule has 3 aromatic rings. The lowest BCUT2D eigenvalue weighted by atomic mass is 10.2. The third-order valence-electron chi connectivity index (χ3n) is 6.26. The molecule has 1 amide bonds. The monoisotopic (exact) mass is 603 g/mol. The number of hydrogen-bond acceptors (Lipinski definition) is 10. The van der Waals surface area contributed by atoms with Gasteiger partial charge in [-0.25, -0.2) is 13.4 Å². The molecule has 222 valence electrons. The number of benzene rings is 2. The van der Waals surface area contributed by atoms with E-state index in [9.17, 15) is 13.2 Å². The third-order valence-corrected chi connectivity index (χ3v) is 8.75. The van der Waals surface area contributed by atoms with Crippen LogP contribution in [0.5, 0.6) is 5.75 Å². The Morgan fingerprint density at radius 1 is 1.05 bits per heavy atom. The Hall–Kier alpha value is -3.61. The number of para-hydroxylation sites is 1. The van der Waals surface area contributed by atoms with Crippen molar-refractivity contribution in [3.8, 4) is 5.75 Å². The molecule has 1 heterocycles. The molecule has 0 atom stereocenters. The molecular formula is C28H38ClN7O4S. The van der Waals surface area contributed by atoms with Gasteiger partial charge in [-0.2, -0.15) is 4.98 Å². The molecule has 13 heteroatoms. The highest BCUT2D eigenvalue weighted by Gasteiger charge is 2.23. The number of ether oxygens (including phenoxy) is 1. The summed E-state index contributed by atoms with van der Waals surface area (Å²) in [7, 11) is 3.93. The Labute approximate surface area is 247 Å².